The Hall–Kier alpha value is -1.09. The summed E-state index contributed by atoms with van der Waals surface area (Å²) in [6, 6.07) is 0. The lowest BCUT2D eigenvalue weighted by molar-refractivity contribution is -0.137. The van der Waals surface area contributed by atoms with Crippen molar-refractivity contribution in [2.45, 2.75) is 51.6 Å². The smallest absolute Gasteiger partial charge is 0.330 e. The van der Waals surface area contributed by atoms with Gasteiger partial charge in [-0.05, 0) is 32.6 Å². The van der Waals surface area contributed by atoms with E-state index < -0.39 is 0 Å². The highest BCUT2D eigenvalue weighted by Gasteiger charge is 2.00. The van der Waals surface area contributed by atoms with Crippen LogP contribution in [-0.2, 0) is 9.53 Å². The van der Waals surface area contributed by atoms with Crippen molar-refractivity contribution in [2.75, 3.05) is 6.61 Å². The lowest BCUT2D eigenvalue weighted by atomic mass is 10.1. The van der Waals surface area contributed by atoms with Gasteiger partial charge in [0.1, 0.15) is 0 Å². The third-order valence-corrected chi connectivity index (χ3v) is 2.39. The number of aliphatic hydroxyl groups excluding tert-OH is 1. The molecule has 1 N–H and O–H groups in total. The summed E-state index contributed by atoms with van der Waals surface area (Å²) in [7, 11) is 0. The molecule has 0 aromatic heterocycles. The summed E-state index contributed by atoms with van der Waals surface area (Å²) in [4.78, 5) is 10.9. The van der Waals surface area contributed by atoms with Crippen LogP contribution in [-0.4, -0.2) is 23.8 Å². The van der Waals surface area contributed by atoms with Gasteiger partial charge >= 0.3 is 5.97 Å². The molecule has 1 unspecified atom stereocenters. The van der Waals surface area contributed by atoms with Crippen LogP contribution in [0.15, 0.2) is 24.8 Å². The van der Waals surface area contributed by atoms with Gasteiger partial charge in [-0.2, -0.15) is 0 Å². The summed E-state index contributed by atoms with van der Waals surface area (Å²) >= 11 is 0. The summed E-state index contributed by atoms with van der Waals surface area (Å²) in [5.74, 6) is -0.270. The van der Waals surface area contributed by atoms with Crippen molar-refractivity contribution >= 4 is 5.97 Å². The third-order valence-electron chi connectivity index (χ3n) is 2.39. The predicted octanol–water partition coefficient (Wildman–Crippen LogP) is 2.99. The quantitative estimate of drug-likeness (QED) is 0.276. The standard InChI is InChI=1S/C14H24O3/c1-3-10-13(15)11-8-6-5-7-9-12-14(16)17-4-2/h3,9,12-13,15H,1,4-8,10-11H2,2H3/b12-9+. The highest BCUT2D eigenvalue weighted by molar-refractivity contribution is 5.81. The fourth-order valence-electron chi connectivity index (χ4n) is 1.50. The Morgan fingerprint density at radius 1 is 1.41 bits per heavy atom. The lowest BCUT2D eigenvalue weighted by Crippen LogP contribution is -2.03. The van der Waals surface area contributed by atoms with Crippen molar-refractivity contribution in [1.82, 2.24) is 0 Å². The first-order chi connectivity index (χ1) is 8.20. The molecule has 0 saturated heterocycles. The average molecular weight is 240 g/mol. The van der Waals surface area contributed by atoms with Crippen molar-refractivity contribution < 1.29 is 14.6 Å². The van der Waals surface area contributed by atoms with Gasteiger partial charge in [0.2, 0.25) is 0 Å². The van der Waals surface area contributed by atoms with E-state index in [4.69, 9.17) is 4.74 Å². The monoisotopic (exact) mass is 240 g/mol. The molecule has 98 valence electrons. The molecule has 17 heavy (non-hydrogen) atoms. The molecular formula is C14H24O3. The molecule has 0 aromatic carbocycles. The Morgan fingerprint density at radius 2 is 2.18 bits per heavy atom. The summed E-state index contributed by atoms with van der Waals surface area (Å²) in [5.41, 5.74) is 0. The third kappa shape index (κ3) is 11.2. The zero-order chi connectivity index (χ0) is 12.9. The first kappa shape index (κ1) is 15.9. The maximum absolute atomic E-state index is 10.9. The number of aliphatic hydroxyl groups is 1. The molecule has 1 atom stereocenters. The second kappa shape index (κ2) is 11.4. The number of carbonyl (C=O) groups is 1. The van der Waals surface area contributed by atoms with Gasteiger partial charge in [0.25, 0.3) is 0 Å². The van der Waals surface area contributed by atoms with Crippen LogP contribution in [0.25, 0.3) is 0 Å². The molecule has 0 radical (unpaired) electrons. The topological polar surface area (TPSA) is 46.5 Å². The molecule has 0 amide bonds. The summed E-state index contributed by atoms with van der Waals surface area (Å²) in [5, 5.41) is 9.44. The molecule has 3 nitrogen and oxygen atoms in total. The van der Waals surface area contributed by atoms with Gasteiger partial charge in [-0.15, -0.1) is 6.58 Å². The fourth-order valence-corrected chi connectivity index (χ4v) is 1.50. The minimum atomic E-state index is -0.270. The van der Waals surface area contributed by atoms with Crippen molar-refractivity contribution in [3.05, 3.63) is 24.8 Å². The van der Waals surface area contributed by atoms with Crippen LogP contribution in [0.1, 0.15) is 45.4 Å². The Morgan fingerprint density at radius 3 is 2.82 bits per heavy atom. The number of hydrogen-bond donors (Lipinski definition) is 1. The molecule has 0 aromatic rings. The Balaban J connectivity index is 3.34. The molecule has 0 saturated carbocycles. The minimum Gasteiger partial charge on any atom is -0.463 e. The van der Waals surface area contributed by atoms with Gasteiger partial charge in [-0.1, -0.05) is 25.0 Å². The van der Waals surface area contributed by atoms with Crippen LogP contribution in [0.2, 0.25) is 0 Å². The predicted molar refractivity (Wildman–Crippen MR) is 69.7 cm³/mol. The lowest BCUT2D eigenvalue weighted by Gasteiger charge is -2.06. The molecular weight excluding hydrogens is 216 g/mol. The van der Waals surface area contributed by atoms with Crippen molar-refractivity contribution in [1.29, 1.82) is 0 Å². The molecule has 0 aliphatic heterocycles. The Labute approximate surface area is 104 Å². The zero-order valence-electron chi connectivity index (χ0n) is 10.7. The number of esters is 1. The van der Waals surface area contributed by atoms with E-state index in [0.717, 1.165) is 32.1 Å². The fraction of sp³-hybridized carbons (Fsp3) is 0.643. The molecule has 0 aliphatic carbocycles. The van der Waals surface area contributed by atoms with Crippen LogP contribution < -0.4 is 0 Å². The normalized spacial score (nSPS) is 12.6. The van der Waals surface area contributed by atoms with Crippen molar-refractivity contribution in [3.63, 3.8) is 0 Å². The molecule has 0 spiro atoms. The van der Waals surface area contributed by atoms with E-state index in [0.29, 0.717) is 13.0 Å². The highest BCUT2D eigenvalue weighted by Crippen LogP contribution is 2.08. The zero-order valence-corrected chi connectivity index (χ0v) is 10.7. The maximum Gasteiger partial charge on any atom is 0.330 e. The van der Waals surface area contributed by atoms with E-state index in [-0.39, 0.29) is 12.1 Å². The summed E-state index contributed by atoms with van der Waals surface area (Å²) < 4.78 is 4.76. The Bertz CT molecular complexity index is 234. The first-order valence-corrected chi connectivity index (χ1v) is 6.33. The number of rotatable bonds is 10. The largest absolute Gasteiger partial charge is 0.463 e. The van der Waals surface area contributed by atoms with Gasteiger partial charge in [0, 0.05) is 6.08 Å². The first-order valence-electron chi connectivity index (χ1n) is 6.33. The van der Waals surface area contributed by atoms with Crippen LogP contribution in [0.3, 0.4) is 0 Å². The maximum atomic E-state index is 10.9. The second-order valence-electron chi connectivity index (χ2n) is 3.97. The van der Waals surface area contributed by atoms with Gasteiger partial charge in [-0.25, -0.2) is 4.79 Å². The van der Waals surface area contributed by atoms with Gasteiger partial charge in [-0.3, -0.25) is 0 Å². The van der Waals surface area contributed by atoms with Gasteiger partial charge in [0.05, 0.1) is 12.7 Å². The van der Waals surface area contributed by atoms with Crippen molar-refractivity contribution in [3.8, 4) is 0 Å². The van der Waals surface area contributed by atoms with E-state index >= 15 is 0 Å². The van der Waals surface area contributed by atoms with Gasteiger partial charge in [0.15, 0.2) is 0 Å². The minimum absolute atomic E-state index is 0.248. The number of carbonyl (C=O) groups excluding carboxylic acids is 1. The SMILES string of the molecule is C=CCC(O)CCCCC/C=C/C(=O)OCC. The average Bonchev–Trinajstić information content (AvgIpc) is 2.28. The summed E-state index contributed by atoms with van der Waals surface area (Å²) in [6.45, 7) is 5.80. The number of ether oxygens (including phenoxy) is 1. The summed E-state index contributed by atoms with van der Waals surface area (Å²) in [6.07, 6.45) is 10.3. The molecule has 0 aliphatic rings. The van der Waals surface area contributed by atoms with E-state index in [2.05, 4.69) is 6.58 Å². The molecule has 0 rings (SSSR count). The molecule has 0 bridgehead atoms. The molecule has 0 fully saturated rings. The number of allylic oxidation sites excluding steroid dienone is 1. The van der Waals surface area contributed by atoms with Gasteiger partial charge < -0.3 is 9.84 Å². The number of unbranched alkanes of at least 4 members (excludes halogenated alkanes) is 3. The van der Waals surface area contributed by atoms with Crippen molar-refractivity contribution in [2.24, 2.45) is 0 Å². The highest BCUT2D eigenvalue weighted by atomic mass is 16.5. The van der Waals surface area contributed by atoms with Crippen LogP contribution in [0, 0.1) is 0 Å². The Kier molecular flexibility index (Phi) is 10.7. The molecule has 0 heterocycles. The van der Waals surface area contributed by atoms with E-state index in [1.165, 1.54) is 6.08 Å². The van der Waals surface area contributed by atoms with Crippen LogP contribution >= 0.6 is 0 Å². The second-order valence-corrected chi connectivity index (χ2v) is 3.97. The van der Waals surface area contributed by atoms with E-state index in [1.807, 2.05) is 6.08 Å². The van der Waals surface area contributed by atoms with Crippen LogP contribution in [0.4, 0.5) is 0 Å². The van der Waals surface area contributed by atoms with E-state index in [1.54, 1.807) is 13.0 Å². The van der Waals surface area contributed by atoms with E-state index in [9.17, 15) is 9.90 Å². The number of hydrogen-bond acceptors (Lipinski definition) is 3. The molecule has 3 heteroatoms. The van der Waals surface area contributed by atoms with Crippen LogP contribution in [0.5, 0.6) is 0 Å².